The van der Waals surface area contributed by atoms with Gasteiger partial charge in [0.25, 0.3) is 0 Å². The normalized spacial score (nSPS) is 29.0. The molecule has 1 saturated carbocycles. The van der Waals surface area contributed by atoms with Crippen molar-refractivity contribution in [2.75, 3.05) is 19.7 Å². The number of amides is 2. The Bertz CT molecular complexity index is 480. The lowest BCUT2D eigenvalue weighted by atomic mass is 9.82. The van der Waals surface area contributed by atoms with Crippen molar-refractivity contribution in [2.24, 2.45) is 5.92 Å². The van der Waals surface area contributed by atoms with Crippen LogP contribution in [0.5, 0.6) is 0 Å². The van der Waals surface area contributed by atoms with E-state index in [4.69, 9.17) is 9.47 Å². The SMILES string of the molecule is CC(C)(C)OC(=O)N1CCC(N2C(=O)OC[C@H]3CCCC[C@@H]32)CC1. The number of rotatable bonds is 1. The molecular formula is C18H30N2O4. The molecule has 2 aliphatic heterocycles. The van der Waals surface area contributed by atoms with Crippen molar-refractivity contribution < 1.29 is 19.1 Å². The molecule has 0 spiro atoms. The second kappa shape index (κ2) is 6.81. The van der Waals surface area contributed by atoms with Crippen molar-refractivity contribution in [1.29, 1.82) is 0 Å². The van der Waals surface area contributed by atoms with Gasteiger partial charge in [0.2, 0.25) is 0 Å². The molecule has 3 aliphatic rings. The van der Waals surface area contributed by atoms with Gasteiger partial charge in [0.1, 0.15) is 5.60 Å². The molecule has 0 unspecified atom stereocenters. The zero-order chi connectivity index (χ0) is 17.3. The van der Waals surface area contributed by atoms with Crippen LogP contribution in [0.1, 0.15) is 59.3 Å². The molecule has 0 radical (unpaired) electrons. The molecule has 2 heterocycles. The van der Waals surface area contributed by atoms with Crippen molar-refractivity contribution in [3.8, 4) is 0 Å². The van der Waals surface area contributed by atoms with Crippen LogP contribution in [-0.2, 0) is 9.47 Å². The number of hydrogen-bond donors (Lipinski definition) is 0. The Morgan fingerprint density at radius 2 is 1.79 bits per heavy atom. The summed E-state index contributed by atoms with van der Waals surface area (Å²) in [5.41, 5.74) is -0.472. The molecule has 0 N–H and O–H groups in total. The van der Waals surface area contributed by atoms with E-state index in [9.17, 15) is 9.59 Å². The van der Waals surface area contributed by atoms with Gasteiger partial charge in [-0.05, 0) is 46.5 Å². The van der Waals surface area contributed by atoms with E-state index in [2.05, 4.69) is 0 Å². The van der Waals surface area contributed by atoms with Gasteiger partial charge in [0.15, 0.2) is 0 Å². The molecule has 1 aliphatic carbocycles. The molecule has 3 rings (SSSR count). The van der Waals surface area contributed by atoms with Gasteiger partial charge in [-0.25, -0.2) is 9.59 Å². The molecule has 136 valence electrons. The number of nitrogens with zero attached hydrogens (tertiary/aromatic N) is 2. The maximum absolute atomic E-state index is 12.3. The average molecular weight is 338 g/mol. The molecule has 2 atom stereocenters. The van der Waals surface area contributed by atoms with Crippen LogP contribution in [-0.4, -0.2) is 59.4 Å². The highest BCUT2D eigenvalue weighted by molar-refractivity contribution is 5.70. The molecule has 0 aromatic rings. The summed E-state index contributed by atoms with van der Waals surface area (Å²) in [5.74, 6) is 0.486. The Hall–Kier alpha value is -1.46. The van der Waals surface area contributed by atoms with Crippen LogP contribution in [0.4, 0.5) is 9.59 Å². The highest BCUT2D eigenvalue weighted by atomic mass is 16.6. The van der Waals surface area contributed by atoms with E-state index < -0.39 is 5.60 Å². The Kier molecular flexibility index (Phi) is 4.92. The van der Waals surface area contributed by atoms with E-state index in [1.807, 2.05) is 25.7 Å². The third-order valence-electron chi connectivity index (χ3n) is 5.37. The third kappa shape index (κ3) is 3.78. The largest absolute Gasteiger partial charge is 0.449 e. The Morgan fingerprint density at radius 1 is 1.12 bits per heavy atom. The fourth-order valence-electron chi connectivity index (χ4n) is 4.21. The monoisotopic (exact) mass is 338 g/mol. The minimum atomic E-state index is -0.472. The standard InChI is InChI=1S/C18H30N2O4/c1-18(2,3)24-16(21)19-10-8-14(9-11-19)20-15-7-5-4-6-13(15)12-23-17(20)22/h13-15H,4-12H2,1-3H3/t13-,15+/m1/s1. The van der Waals surface area contributed by atoms with Crippen LogP contribution in [0.2, 0.25) is 0 Å². The van der Waals surface area contributed by atoms with Gasteiger partial charge in [-0.15, -0.1) is 0 Å². The van der Waals surface area contributed by atoms with Gasteiger partial charge in [0.05, 0.1) is 6.61 Å². The summed E-state index contributed by atoms with van der Waals surface area (Å²) in [4.78, 5) is 28.3. The summed E-state index contributed by atoms with van der Waals surface area (Å²) in [5, 5.41) is 0. The fourth-order valence-corrected chi connectivity index (χ4v) is 4.21. The first-order valence-electron chi connectivity index (χ1n) is 9.28. The van der Waals surface area contributed by atoms with E-state index in [1.54, 1.807) is 4.90 Å². The van der Waals surface area contributed by atoms with E-state index in [0.717, 1.165) is 25.7 Å². The van der Waals surface area contributed by atoms with Crippen molar-refractivity contribution in [2.45, 2.75) is 77.0 Å². The van der Waals surface area contributed by atoms with E-state index >= 15 is 0 Å². The first-order chi connectivity index (χ1) is 11.3. The topological polar surface area (TPSA) is 59.1 Å². The first-order valence-corrected chi connectivity index (χ1v) is 9.28. The molecule has 0 aromatic carbocycles. The summed E-state index contributed by atoms with van der Waals surface area (Å²) >= 11 is 0. The maximum Gasteiger partial charge on any atom is 0.410 e. The number of likely N-dealkylation sites (tertiary alicyclic amines) is 1. The van der Waals surface area contributed by atoms with Gasteiger partial charge in [-0.1, -0.05) is 12.8 Å². The molecule has 3 fully saturated rings. The lowest BCUT2D eigenvalue weighted by Gasteiger charge is -2.48. The zero-order valence-electron chi connectivity index (χ0n) is 15.1. The fraction of sp³-hybridized carbons (Fsp3) is 0.889. The summed E-state index contributed by atoms with van der Waals surface area (Å²) in [6.07, 6.45) is 5.88. The quantitative estimate of drug-likeness (QED) is 0.735. The average Bonchev–Trinajstić information content (AvgIpc) is 2.53. The van der Waals surface area contributed by atoms with Crippen LogP contribution in [0.3, 0.4) is 0 Å². The van der Waals surface area contributed by atoms with Crippen molar-refractivity contribution in [1.82, 2.24) is 9.80 Å². The molecule has 0 aromatic heterocycles. The summed E-state index contributed by atoms with van der Waals surface area (Å²) < 4.78 is 10.9. The van der Waals surface area contributed by atoms with Gasteiger partial charge < -0.3 is 19.3 Å². The maximum atomic E-state index is 12.3. The van der Waals surface area contributed by atoms with Crippen LogP contribution < -0.4 is 0 Å². The second-order valence-corrected chi connectivity index (χ2v) is 8.29. The summed E-state index contributed by atoms with van der Waals surface area (Å²) in [7, 11) is 0. The predicted molar refractivity (Wildman–Crippen MR) is 89.8 cm³/mol. The zero-order valence-corrected chi connectivity index (χ0v) is 15.1. The predicted octanol–water partition coefficient (Wildman–Crippen LogP) is 3.40. The van der Waals surface area contributed by atoms with Crippen LogP contribution in [0, 0.1) is 5.92 Å². The summed E-state index contributed by atoms with van der Waals surface area (Å²) in [6, 6.07) is 0.514. The van der Waals surface area contributed by atoms with Gasteiger partial charge in [-0.3, -0.25) is 0 Å². The van der Waals surface area contributed by atoms with Crippen molar-refractivity contribution in [3.63, 3.8) is 0 Å². The molecule has 2 amide bonds. The second-order valence-electron chi connectivity index (χ2n) is 8.29. The lowest BCUT2D eigenvalue weighted by Crippen LogP contribution is -2.58. The Morgan fingerprint density at radius 3 is 2.46 bits per heavy atom. The Labute approximate surface area is 144 Å². The van der Waals surface area contributed by atoms with Crippen LogP contribution in [0.25, 0.3) is 0 Å². The molecule has 6 heteroatoms. The molecule has 2 saturated heterocycles. The van der Waals surface area contributed by atoms with Crippen LogP contribution in [0.15, 0.2) is 0 Å². The lowest BCUT2D eigenvalue weighted by molar-refractivity contribution is -0.0388. The first kappa shape index (κ1) is 17.4. The number of hydrogen-bond acceptors (Lipinski definition) is 4. The third-order valence-corrected chi connectivity index (χ3v) is 5.37. The van der Waals surface area contributed by atoms with Crippen molar-refractivity contribution in [3.05, 3.63) is 0 Å². The molecule has 24 heavy (non-hydrogen) atoms. The van der Waals surface area contributed by atoms with E-state index in [0.29, 0.717) is 31.7 Å². The minimum Gasteiger partial charge on any atom is -0.449 e. The molecule has 0 bridgehead atoms. The van der Waals surface area contributed by atoms with E-state index in [1.165, 1.54) is 12.8 Å². The highest BCUT2D eigenvalue weighted by Gasteiger charge is 2.43. The van der Waals surface area contributed by atoms with Crippen LogP contribution >= 0.6 is 0 Å². The smallest absolute Gasteiger partial charge is 0.410 e. The Balaban J connectivity index is 1.59. The highest BCUT2D eigenvalue weighted by Crippen LogP contribution is 2.35. The minimum absolute atomic E-state index is 0.158. The number of ether oxygens (including phenoxy) is 2. The number of carbonyl (C=O) groups excluding carboxylic acids is 2. The van der Waals surface area contributed by atoms with E-state index in [-0.39, 0.29) is 18.2 Å². The van der Waals surface area contributed by atoms with Gasteiger partial charge in [-0.2, -0.15) is 0 Å². The molecular weight excluding hydrogens is 308 g/mol. The number of fused-ring (bicyclic) bond motifs is 1. The number of cyclic esters (lactones) is 1. The summed E-state index contributed by atoms with van der Waals surface area (Å²) in [6.45, 7) is 7.50. The number of carbonyl (C=O) groups is 2. The number of piperidine rings is 1. The van der Waals surface area contributed by atoms with Crippen molar-refractivity contribution >= 4 is 12.2 Å². The van der Waals surface area contributed by atoms with Gasteiger partial charge >= 0.3 is 12.2 Å². The van der Waals surface area contributed by atoms with Gasteiger partial charge in [0, 0.05) is 31.1 Å². The molecule has 6 nitrogen and oxygen atoms in total.